The lowest BCUT2D eigenvalue weighted by atomic mass is 10.1. The van der Waals surface area contributed by atoms with Gasteiger partial charge in [-0.3, -0.25) is 9.59 Å². The van der Waals surface area contributed by atoms with Crippen molar-refractivity contribution in [3.05, 3.63) is 52.5 Å². The summed E-state index contributed by atoms with van der Waals surface area (Å²) in [4.78, 5) is 26.4. The Hall–Kier alpha value is -2.54. The molecule has 0 unspecified atom stereocenters. The number of nitrogens with one attached hydrogen (secondary N) is 2. The summed E-state index contributed by atoms with van der Waals surface area (Å²) in [6, 6.07) is 13.1. The Labute approximate surface area is 160 Å². The summed E-state index contributed by atoms with van der Waals surface area (Å²) in [6.07, 6.45) is -0.656. The molecule has 3 rings (SSSR count). The molecule has 0 radical (unpaired) electrons. The van der Waals surface area contributed by atoms with Crippen LogP contribution in [0, 0.1) is 6.92 Å². The number of carbonyl (C=O) groups is 2. The Kier molecular flexibility index (Phi) is 5.46. The fraction of sp³-hybridized carbons (Fsp3) is 0.263. The van der Waals surface area contributed by atoms with E-state index in [1.54, 1.807) is 13.1 Å². The molecular weight excluding hydrogens is 398 g/mol. The highest BCUT2D eigenvalue weighted by Crippen LogP contribution is 2.33. The third-order valence-electron chi connectivity index (χ3n) is 4.19. The van der Waals surface area contributed by atoms with E-state index in [4.69, 9.17) is 4.74 Å². The van der Waals surface area contributed by atoms with Gasteiger partial charge in [-0.15, -0.1) is 0 Å². The van der Waals surface area contributed by atoms with E-state index in [2.05, 4.69) is 26.6 Å². The summed E-state index contributed by atoms with van der Waals surface area (Å²) < 4.78 is 6.69. The minimum Gasteiger partial charge on any atom is -0.477 e. The average molecular weight is 418 g/mol. The molecule has 1 atom stereocenters. The van der Waals surface area contributed by atoms with Gasteiger partial charge in [0.2, 0.25) is 5.91 Å². The van der Waals surface area contributed by atoms with Crippen LogP contribution < -0.4 is 20.3 Å². The van der Waals surface area contributed by atoms with Gasteiger partial charge in [-0.2, -0.15) is 0 Å². The normalized spacial score (nSPS) is 15.7. The number of carbonyl (C=O) groups excluding carboxylic acids is 2. The van der Waals surface area contributed by atoms with Gasteiger partial charge in [-0.1, -0.05) is 34.1 Å². The molecule has 2 N–H and O–H groups in total. The first-order chi connectivity index (χ1) is 12.5. The van der Waals surface area contributed by atoms with Crippen LogP contribution in [0.4, 0.5) is 11.4 Å². The van der Waals surface area contributed by atoms with Crippen LogP contribution in [0.3, 0.4) is 0 Å². The summed E-state index contributed by atoms with van der Waals surface area (Å²) in [5, 5.41) is 5.49. The van der Waals surface area contributed by atoms with Crippen LogP contribution in [0.1, 0.15) is 5.56 Å². The maximum absolute atomic E-state index is 12.5. The van der Waals surface area contributed by atoms with Crippen molar-refractivity contribution in [2.75, 3.05) is 30.4 Å². The number of anilines is 2. The lowest BCUT2D eigenvalue weighted by molar-refractivity contribution is -0.127. The van der Waals surface area contributed by atoms with E-state index in [9.17, 15) is 9.59 Å². The second kappa shape index (κ2) is 7.78. The minimum absolute atomic E-state index is 0.124. The maximum atomic E-state index is 12.5. The zero-order valence-corrected chi connectivity index (χ0v) is 16.2. The molecule has 2 aromatic carbocycles. The molecule has 1 aliphatic rings. The number of benzene rings is 2. The highest BCUT2D eigenvalue weighted by Gasteiger charge is 2.30. The Morgan fingerprint density at radius 3 is 2.77 bits per heavy atom. The molecule has 0 saturated heterocycles. The van der Waals surface area contributed by atoms with Crippen molar-refractivity contribution < 1.29 is 14.3 Å². The summed E-state index contributed by atoms with van der Waals surface area (Å²) in [7, 11) is 1.57. The third kappa shape index (κ3) is 3.99. The van der Waals surface area contributed by atoms with Crippen molar-refractivity contribution in [2.45, 2.75) is 13.0 Å². The molecule has 1 heterocycles. The van der Waals surface area contributed by atoms with Gasteiger partial charge in [0.25, 0.3) is 5.91 Å². The first-order valence-electron chi connectivity index (χ1n) is 8.26. The second-order valence-electron chi connectivity index (χ2n) is 6.08. The molecule has 0 fully saturated rings. The fourth-order valence-corrected chi connectivity index (χ4v) is 3.18. The molecule has 136 valence electrons. The number of para-hydroxylation sites is 2. The molecule has 0 bridgehead atoms. The van der Waals surface area contributed by atoms with E-state index in [0.29, 0.717) is 12.3 Å². The van der Waals surface area contributed by atoms with E-state index in [1.165, 1.54) is 0 Å². The van der Waals surface area contributed by atoms with Crippen molar-refractivity contribution in [2.24, 2.45) is 0 Å². The molecular formula is C19H20BrN3O3. The molecule has 2 aromatic rings. The number of nitrogens with zero attached hydrogens (tertiary/aromatic N) is 1. The number of hydrogen-bond acceptors (Lipinski definition) is 4. The highest BCUT2D eigenvalue weighted by molar-refractivity contribution is 9.10. The number of aryl methyl sites for hydroxylation is 1. The fourth-order valence-electron chi connectivity index (χ4n) is 2.80. The van der Waals surface area contributed by atoms with E-state index in [1.807, 2.05) is 48.2 Å². The lowest BCUT2D eigenvalue weighted by Gasteiger charge is -2.35. The molecule has 26 heavy (non-hydrogen) atoms. The zero-order chi connectivity index (χ0) is 18.7. The van der Waals surface area contributed by atoms with Gasteiger partial charge in [0.05, 0.1) is 18.8 Å². The highest BCUT2D eigenvalue weighted by atomic mass is 79.9. The molecule has 7 heteroatoms. The predicted octanol–water partition coefficient (Wildman–Crippen LogP) is 2.71. The van der Waals surface area contributed by atoms with Crippen LogP contribution in [0.25, 0.3) is 0 Å². The molecule has 2 amide bonds. The monoisotopic (exact) mass is 417 g/mol. The molecule has 0 aromatic heterocycles. The number of likely N-dealkylation sites (N-methyl/N-ethyl adjacent to an activating group) is 1. The second-order valence-corrected chi connectivity index (χ2v) is 6.94. The number of hydrogen-bond donors (Lipinski definition) is 2. The van der Waals surface area contributed by atoms with Gasteiger partial charge in [0.15, 0.2) is 6.10 Å². The van der Waals surface area contributed by atoms with Crippen LogP contribution in [0.15, 0.2) is 46.9 Å². The number of amides is 2. The topological polar surface area (TPSA) is 70.7 Å². The lowest BCUT2D eigenvalue weighted by Crippen LogP contribution is -2.50. The number of rotatable bonds is 4. The molecule has 6 nitrogen and oxygen atoms in total. The van der Waals surface area contributed by atoms with Crippen LogP contribution in [-0.4, -0.2) is 38.1 Å². The Morgan fingerprint density at radius 2 is 2.04 bits per heavy atom. The minimum atomic E-state index is -0.656. The van der Waals surface area contributed by atoms with Crippen molar-refractivity contribution in [3.63, 3.8) is 0 Å². The van der Waals surface area contributed by atoms with Gasteiger partial charge in [0.1, 0.15) is 5.75 Å². The van der Waals surface area contributed by atoms with Crippen LogP contribution in [0.5, 0.6) is 5.75 Å². The Morgan fingerprint density at radius 1 is 1.27 bits per heavy atom. The summed E-state index contributed by atoms with van der Waals surface area (Å²) in [6.45, 7) is 2.42. The number of halogens is 1. The average Bonchev–Trinajstić information content (AvgIpc) is 2.64. The van der Waals surface area contributed by atoms with Gasteiger partial charge >= 0.3 is 0 Å². The van der Waals surface area contributed by atoms with E-state index in [-0.39, 0.29) is 18.4 Å². The smallest absolute Gasteiger partial charge is 0.262 e. The Bertz CT molecular complexity index is 841. The van der Waals surface area contributed by atoms with Gasteiger partial charge in [0, 0.05) is 17.2 Å². The molecule has 0 aliphatic carbocycles. The third-order valence-corrected chi connectivity index (χ3v) is 5.04. The number of ether oxygens (including phenoxy) is 1. The van der Waals surface area contributed by atoms with E-state index >= 15 is 0 Å². The summed E-state index contributed by atoms with van der Waals surface area (Å²) in [5.74, 6) is 0.221. The van der Waals surface area contributed by atoms with Crippen molar-refractivity contribution in [1.82, 2.24) is 5.32 Å². The SMILES string of the molecule is CNC(=O)[C@@H]1CN(CC(=O)Nc2ccc(C)c(Br)c2)c2ccccc2O1. The molecule has 0 saturated carbocycles. The van der Waals surface area contributed by atoms with Crippen molar-refractivity contribution in [1.29, 1.82) is 0 Å². The van der Waals surface area contributed by atoms with Crippen molar-refractivity contribution >= 4 is 39.1 Å². The van der Waals surface area contributed by atoms with Gasteiger partial charge < -0.3 is 20.3 Å². The first-order valence-corrected chi connectivity index (χ1v) is 9.05. The Balaban J connectivity index is 1.75. The maximum Gasteiger partial charge on any atom is 0.262 e. The van der Waals surface area contributed by atoms with E-state index in [0.717, 1.165) is 21.4 Å². The molecule has 1 aliphatic heterocycles. The number of fused-ring (bicyclic) bond motifs is 1. The van der Waals surface area contributed by atoms with Crippen LogP contribution in [-0.2, 0) is 9.59 Å². The van der Waals surface area contributed by atoms with Crippen LogP contribution >= 0.6 is 15.9 Å². The predicted molar refractivity (Wildman–Crippen MR) is 105 cm³/mol. The van der Waals surface area contributed by atoms with Gasteiger partial charge in [-0.05, 0) is 36.8 Å². The van der Waals surface area contributed by atoms with Gasteiger partial charge in [-0.25, -0.2) is 0 Å². The summed E-state index contributed by atoms with van der Waals surface area (Å²) in [5.41, 5.74) is 2.61. The zero-order valence-electron chi connectivity index (χ0n) is 14.6. The largest absolute Gasteiger partial charge is 0.477 e. The quantitative estimate of drug-likeness (QED) is 0.801. The first kappa shape index (κ1) is 18.3. The van der Waals surface area contributed by atoms with E-state index < -0.39 is 6.10 Å². The van der Waals surface area contributed by atoms with Crippen molar-refractivity contribution in [3.8, 4) is 5.75 Å². The van der Waals surface area contributed by atoms with Crippen LogP contribution in [0.2, 0.25) is 0 Å². The molecule has 0 spiro atoms. The standard InChI is InChI=1S/C19H20BrN3O3/c1-12-7-8-13(9-14(12)20)22-18(24)11-23-10-17(19(25)21-2)26-16-6-4-3-5-15(16)23/h3-9,17H,10-11H2,1-2H3,(H,21,25)(H,22,24)/t17-/m0/s1. The summed E-state index contributed by atoms with van der Waals surface area (Å²) >= 11 is 3.46.